The molecule has 1 N–H and O–H groups in total. The molecule has 0 fully saturated rings. The number of methoxy groups -OCH3 is 3. The molecule has 0 saturated heterocycles. The fraction of sp³-hybridized carbons (Fsp3) is 0.500. The van der Waals surface area contributed by atoms with Crippen molar-refractivity contribution in [3.8, 4) is 11.5 Å². The van der Waals surface area contributed by atoms with Crippen LogP contribution in [-0.4, -0.2) is 51.8 Å². The second-order valence-electron chi connectivity index (χ2n) is 5.60. The van der Waals surface area contributed by atoms with Crippen molar-refractivity contribution < 1.29 is 33.3 Å². The molecule has 1 amide bonds. The predicted octanol–water partition coefficient (Wildman–Crippen LogP) is 1.56. The molecule has 0 aliphatic rings. The Bertz CT molecular complexity index is 644. The second-order valence-corrected chi connectivity index (χ2v) is 5.60. The van der Waals surface area contributed by atoms with Crippen molar-refractivity contribution in [2.45, 2.75) is 26.3 Å². The molecule has 0 radical (unpaired) electrons. The number of rotatable bonds is 9. The molecular formula is C18H25NO7. The fourth-order valence-electron chi connectivity index (χ4n) is 2.19. The van der Waals surface area contributed by atoms with Gasteiger partial charge in [-0.05, 0) is 18.1 Å². The number of esters is 2. The van der Waals surface area contributed by atoms with Crippen LogP contribution in [0.2, 0.25) is 0 Å². The quantitative estimate of drug-likeness (QED) is 0.661. The van der Waals surface area contributed by atoms with Gasteiger partial charge in [-0.15, -0.1) is 0 Å². The van der Waals surface area contributed by atoms with Gasteiger partial charge in [0.05, 0.1) is 21.3 Å². The average molecular weight is 367 g/mol. The van der Waals surface area contributed by atoms with Gasteiger partial charge in [-0.3, -0.25) is 4.79 Å². The van der Waals surface area contributed by atoms with E-state index >= 15 is 0 Å². The number of carbonyl (C=O) groups excluding carboxylic acids is 3. The lowest BCUT2D eigenvalue weighted by Crippen LogP contribution is -2.47. The molecule has 0 aromatic heterocycles. The van der Waals surface area contributed by atoms with Crippen LogP contribution in [0.4, 0.5) is 0 Å². The Morgan fingerprint density at radius 3 is 2.35 bits per heavy atom. The first-order valence-corrected chi connectivity index (χ1v) is 8.14. The van der Waals surface area contributed by atoms with Gasteiger partial charge in [0.15, 0.2) is 6.61 Å². The Hall–Kier alpha value is -2.77. The summed E-state index contributed by atoms with van der Waals surface area (Å²) in [6.07, 6.45) is 0.670. The molecule has 26 heavy (non-hydrogen) atoms. The number of amides is 1. The van der Waals surface area contributed by atoms with E-state index < -0.39 is 30.5 Å². The fourth-order valence-corrected chi connectivity index (χ4v) is 2.19. The van der Waals surface area contributed by atoms with Crippen molar-refractivity contribution in [3.63, 3.8) is 0 Å². The summed E-state index contributed by atoms with van der Waals surface area (Å²) in [7, 11) is 4.15. The lowest BCUT2D eigenvalue weighted by atomic mass is 9.99. The number of ether oxygens (including phenoxy) is 4. The highest BCUT2D eigenvalue weighted by molar-refractivity contribution is 5.94. The Morgan fingerprint density at radius 2 is 1.81 bits per heavy atom. The van der Waals surface area contributed by atoms with Crippen LogP contribution in [0.1, 0.15) is 30.6 Å². The third-order valence-corrected chi connectivity index (χ3v) is 3.95. The standard InChI is InChI=1S/C18H25NO7/c1-6-11(2)16(18(22)25-5)19-15(20)10-26-17(21)13-8-7-12(23-3)9-14(13)24-4/h7-9,11,16H,6,10H2,1-5H3,(H,19,20). The first-order chi connectivity index (χ1) is 12.4. The summed E-state index contributed by atoms with van der Waals surface area (Å²) >= 11 is 0. The zero-order valence-electron chi connectivity index (χ0n) is 15.7. The summed E-state index contributed by atoms with van der Waals surface area (Å²) in [6, 6.07) is 3.79. The van der Waals surface area contributed by atoms with Gasteiger partial charge in [0.1, 0.15) is 23.1 Å². The van der Waals surface area contributed by atoms with Gasteiger partial charge in [0.25, 0.3) is 5.91 Å². The van der Waals surface area contributed by atoms with Crippen molar-refractivity contribution in [2.75, 3.05) is 27.9 Å². The smallest absolute Gasteiger partial charge is 0.342 e. The van der Waals surface area contributed by atoms with Gasteiger partial charge in [-0.2, -0.15) is 0 Å². The highest BCUT2D eigenvalue weighted by atomic mass is 16.5. The minimum atomic E-state index is -0.799. The van der Waals surface area contributed by atoms with Gasteiger partial charge >= 0.3 is 11.9 Å². The third kappa shape index (κ3) is 5.65. The van der Waals surface area contributed by atoms with Crippen molar-refractivity contribution in [1.82, 2.24) is 5.32 Å². The predicted molar refractivity (Wildman–Crippen MR) is 93.2 cm³/mol. The minimum absolute atomic E-state index is 0.121. The van der Waals surface area contributed by atoms with E-state index in [0.717, 1.165) is 0 Å². The molecule has 1 rings (SSSR count). The van der Waals surface area contributed by atoms with E-state index in [0.29, 0.717) is 12.2 Å². The van der Waals surface area contributed by atoms with Gasteiger partial charge < -0.3 is 24.3 Å². The Labute approximate surface area is 152 Å². The topological polar surface area (TPSA) is 100 Å². The van der Waals surface area contributed by atoms with Crippen LogP contribution in [-0.2, 0) is 19.1 Å². The molecule has 0 saturated carbocycles. The molecule has 0 heterocycles. The van der Waals surface area contributed by atoms with Crippen LogP contribution in [0.5, 0.6) is 11.5 Å². The van der Waals surface area contributed by atoms with Crippen LogP contribution in [0, 0.1) is 5.92 Å². The largest absolute Gasteiger partial charge is 0.497 e. The SMILES string of the molecule is CCC(C)C(NC(=O)COC(=O)c1ccc(OC)cc1OC)C(=O)OC. The summed E-state index contributed by atoms with van der Waals surface area (Å²) in [5.41, 5.74) is 0.160. The van der Waals surface area contributed by atoms with E-state index in [9.17, 15) is 14.4 Å². The first kappa shape index (κ1) is 21.3. The summed E-state index contributed by atoms with van der Waals surface area (Å²) < 4.78 is 19.9. The van der Waals surface area contributed by atoms with Crippen molar-refractivity contribution >= 4 is 17.8 Å². The number of hydrogen-bond acceptors (Lipinski definition) is 7. The molecule has 1 aromatic carbocycles. The second kappa shape index (κ2) is 10.3. The van der Waals surface area contributed by atoms with Crippen molar-refractivity contribution in [2.24, 2.45) is 5.92 Å². The van der Waals surface area contributed by atoms with Crippen molar-refractivity contribution in [1.29, 1.82) is 0 Å². The Balaban J connectivity index is 2.71. The van der Waals surface area contributed by atoms with Gasteiger partial charge in [-0.1, -0.05) is 20.3 Å². The number of carbonyl (C=O) groups is 3. The van der Waals surface area contributed by atoms with E-state index in [1.807, 2.05) is 13.8 Å². The van der Waals surface area contributed by atoms with Crippen LogP contribution >= 0.6 is 0 Å². The average Bonchev–Trinajstić information content (AvgIpc) is 2.68. The van der Waals surface area contributed by atoms with Gasteiger partial charge in [-0.25, -0.2) is 9.59 Å². The van der Waals surface area contributed by atoms with E-state index in [1.165, 1.54) is 33.5 Å². The lowest BCUT2D eigenvalue weighted by molar-refractivity contribution is -0.147. The molecular weight excluding hydrogens is 342 g/mol. The van der Waals surface area contributed by atoms with Crippen LogP contribution in [0.3, 0.4) is 0 Å². The van der Waals surface area contributed by atoms with Crippen LogP contribution in [0.25, 0.3) is 0 Å². The summed E-state index contributed by atoms with van der Waals surface area (Å²) in [5.74, 6) is -1.20. The molecule has 144 valence electrons. The summed E-state index contributed by atoms with van der Waals surface area (Å²) in [6.45, 7) is 3.18. The van der Waals surface area contributed by atoms with E-state index in [4.69, 9.17) is 18.9 Å². The molecule has 2 atom stereocenters. The zero-order valence-corrected chi connectivity index (χ0v) is 15.7. The summed E-state index contributed by atoms with van der Waals surface area (Å²) in [4.78, 5) is 36.0. The number of nitrogens with one attached hydrogen (secondary N) is 1. The van der Waals surface area contributed by atoms with E-state index in [1.54, 1.807) is 6.07 Å². The lowest BCUT2D eigenvalue weighted by Gasteiger charge is -2.21. The first-order valence-electron chi connectivity index (χ1n) is 8.14. The molecule has 0 aliphatic heterocycles. The normalized spacial score (nSPS) is 12.5. The number of hydrogen-bond donors (Lipinski definition) is 1. The molecule has 0 bridgehead atoms. The molecule has 0 aliphatic carbocycles. The monoisotopic (exact) mass is 367 g/mol. The maximum absolute atomic E-state index is 12.2. The zero-order chi connectivity index (χ0) is 19.7. The van der Waals surface area contributed by atoms with Gasteiger partial charge in [0.2, 0.25) is 0 Å². The Kier molecular flexibility index (Phi) is 8.41. The van der Waals surface area contributed by atoms with Crippen molar-refractivity contribution in [3.05, 3.63) is 23.8 Å². The maximum Gasteiger partial charge on any atom is 0.342 e. The number of benzene rings is 1. The van der Waals surface area contributed by atoms with Gasteiger partial charge in [0, 0.05) is 6.07 Å². The molecule has 1 aromatic rings. The highest BCUT2D eigenvalue weighted by Gasteiger charge is 2.27. The molecule has 8 heteroatoms. The molecule has 2 unspecified atom stereocenters. The van der Waals surface area contributed by atoms with E-state index in [2.05, 4.69) is 5.32 Å². The van der Waals surface area contributed by atoms with Crippen LogP contribution < -0.4 is 14.8 Å². The summed E-state index contributed by atoms with van der Waals surface area (Å²) in [5, 5.41) is 2.53. The maximum atomic E-state index is 12.2. The Morgan fingerprint density at radius 1 is 1.12 bits per heavy atom. The molecule has 8 nitrogen and oxygen atoms in total. The highest BCUT2D eigenvalue weighted by Crippen LogP contribution is 2.25. The molecule has 0 spiro atoms. The third-order valence-electron chi connectivity index (χ3n) is 3.95. The van der Waals surface area contributed by atoms with Crippen LogP contribution in [0.15, 0.2) is 18.2 Å². The van der Waals surface area contributed by atoms with E-state index in [-0.39, 0.29) is 17.2 Å². The minimum Gasteiger partial charge on any atom is -0.497 e.